The predicted molar refractivity (Wildman–Crippen MR) is 81.9 cm³/mol. The van der Waals surface area contributed by atoms with Crippen molar-refractivity contribution in [3.05, 3.63) is 71.9 Å². The Hall–Kier alpha value is -2.35. The van der Waals surface area contributed by atoms with Crippen LogP contribution in [0.1, 0.15) is 18.2 Å². The van der Waals surface area contributed by atoms with E-state index in [1.54, 1.807) is 6.92 Å². The zero-order chi connectivity index (χ0) is 13.9. The highest BCUT2D eigenvalue weighted by Crippen LogP contribution is 2.21. The van der Waals surface area contributed by atoms with E-state index in [-0.39, 0.29) is 5.78 Å². The quantitative estimate of drug-likeness (QED) is 0.701. The molecule has 0 amide bonds. The fraction of sp³-hybridized carbons (Fsp3) is 0.167. The molecule has 2 nitrogen and oxygen atoms in total. The van der Waals surface area contributed by atoms with Gasteiger partial charge in [0.15, 0.2) is 0 Å². The van der Waals surface area contributed by atoms with Crippen LogP contribution in [0.15, 0.2) is 60.7 Å². The standard InChI is InChI=1S/C18H17NO/c1-14(20)11-17-12-16-9-5-6-10-18(16)19(17)13-15-7-3-2-4-8-15/h2-10,12H,11,13H2,1H3. The van der Waals surface area contributed by atoms with Gasteiger partial charge >= 0.3 is 0 Å². The first-order valence-electron chi connectivity index (χ1n) is 6.84. The molecule has 3 rings (SSSR count). The van der Waals surface area contributed by atoms with Gasteiger partial charge in [0.25, 0.3) is 0 Å². The Bertz CT molecular complexity index is 740. The molecule has 1 heterocycles. The lowest BCUT2D eigenvalue weighted by atomic mass is 10.2. The molecule has 3 aromatic rings. The average Bonchev–Trinajstić information content (AvgIpc) is 2.77. The molecule has 2 aromatic carbocycles. The van der Waals surface area contributed by atoms with Crippen LogP contribution < -0.4 is 0 Å². The summed E-state index contributed by atoms with van der Waals surface area (Å²) in [6.45, 7) is 2.45. The Morgan fingerprint density at radius 3 is 2.45 bits per heavy atom. The van der Waals surface area contributed by atoms with Crippen molar-refractivity contribution in [3.8, 4) is 0 Å². The molecule has 0 spiro atoms. The van der Waals surface area contributed by atoms with Crippen molar-refractivity contribution in [2.75, 3.05) is 0 Å². The average molecular weight is 263 g/mol. The van der Waals surface area contributed by atoms with Crippen molar-refractivity contribution in [1.29, 1.82) is 0 Å². The molecule has 0 saturated carbocycles. The van der Waals surface area contributed by atoms with Gasteiger partial charge in [-0.2, -0.15) is 0 Å². The van der Waals surface area contributed by atoms with Gasteiger partial charge in [-0.3, -0.25) is 4.79 Å². The highest BCUT2D eigenvalue weighted by molar-refractivity contribution is 5.84. The van der Waals surface area contributed by atoms with E-state index in [2.05, 4.69) is 34.9 Å². The molecular weight excluding hydrogens is 246 g/mol. The zero-order valence-electron chi connectivity index (χ0n) is 11.5. The van der Waals surface area contributed by atoms with E-state index in [0.717, 1.165) is 12.2 Å². The number of ketones is 1. The molecule has 0 bridgehead atoms. The lowest BCUT2D eigenvalue weighted by Gasteiger charge is -2.10. The van der Waals surface area contributed by atoms with Gasteiger partial charge < -0.3 is 4.57 Å². The van der Waals surface area contributed by atoms with Gasteiger partial charge in [-0.15, -0.1) is 0 Å². The third-order valence-electron chi connectivity index (χ3n) is 3.51. The van der Waals surface area contributed by atoms with Gasteiger partial charge in [0.05, 0.1) is 0 Å². The predicted octanol–water partition coefficient (Wildman–Crippen LogP) is 3.82. The largest absolute Gasteiger partial charge is 0.340 e. The number of aromatic nitrogens is 1. The second kappa shape index (κ2) is 5.33. The van der Waals surface area contributed by atoms with Crippen molar-refractivity contribution in [3.63, 3.8) is 0 Å². The molecule has 0 fully saturated rings. The lowest BCUT2D eigenvalue weighted by molar-refractivity contribution is -0.116. The summed E-state index contributed by atoms with van der Waals surface area (Å²) in [5, 5.41) is 1.19. The smallest absolute Gasteiger partial charge is 0.135 e. The summed E-state index contributed by atoms with van der Waals surface area (Å²) in [4.78, 5) is 11.5. The zero-order valence-corrected chi connectivity index (χ0v) is 11.5. The highest BCUT2D eigenvalue weighted by Gasteiger charge is 2.10. The van der Waals surface area contributed by atoms with E-state index in [9.17, 15) is 4.79 Å². The van der Waals surface area contributed by atoms with Crippen LogP contribution in [0.2, 0.25) is 0 Å². The van der Waals surface area contributed by atoms with Crippen LogP contribution in [0.4, 0.5) is 0 Å². The summed E-state index contributed by atoms with van der Waals surface area (Å²) in [6, 6.07) is 20.8. The number of carbonyl (C=O) groups excluding carboxylic acids is 1. The Morgan fingerprint density at radius 2 is 1.70 bits per heavy atom. The topological polar surface area (TPSA) is 22.0 Å². The van der Waals surface area contributed by atoms with E-state index in [1.165, 1.54) is 16.5 Å². The highest BCUT2D eigenvalue weighted by atomic mass is 16.1. The van der Waals surface area contributed by atoms with Crippen molar-refractivity contribution in [2.24, 2.45) is 0 Å². The molecule has 0 aliphatic heterocycles. The number of benzene rings is 2. The van der Waals surface area contributed by atoms with Gasteiger partial charge in [-0.1, -0.05) is 48.5 Å². The van der Waals surface area contributed by atoms with Crippen molar-refractivity contribution >= 4 is 16.7 Å². The van der Waals surface area contributed by atoms with Gasteiger partial charge in [0.2, 0.25) is 0 Å². The van der Waals surface area contributed by atoms with E-state index >= 15 is 0 Å². The minimum Gasteiger partial charge on any atom is -0.340 e. The fourth-order valence-electron chi connectivity index (χ4n) is 2.62. The number of carbonyl (C=O) groups is 1. The Kier molecular flexibility index (Phi) is 3.38. The molecule has 0 radical (unpaired) electrons. The third kappa shape index (κ3) is 2.50. The first kappa shape index (κ1) is 12.7. The van der Waals surface area contributed by atoms with Crippen LogP contribution in [0.3, 0.4) is 0 Å². The Labute approximate surface area is 118 Å². The summed E-state index contributed by atoms with van der Waals surface area (Å²) in [5.41, 5.74) is 3.52. The maximum atomic E-state index is 11.5. The van der Waals surface area contributed by atoms with E-state index in [4.69, 9.17) is 0 Å². The molecule has 100 valence electrons. The summed E-state index contributed by atoms with van der Waals surface area (Å²) < 4.78 is 2.24. The molecule has 0 atom stereocenters. The Balaban J connectivity index is 2.08. The number of para-hydroxylation sites is 1. The maximum Gasteiger partial charge on any atom is 0.135 e. The monoisotopic (exact) mass is 263 g/mol. The first-order valence-corrected chi connectivity index (χ1v) is 6.84. The SMILES string of the molecule is CC(=O)Cc1cc2ccccc2n1Cc1ccccc1. The van der Waals surface area contributed by atoms with Crippen molar-refractivity contribution in [1.82, 2.24) is 4.57 Å². The van der Waals surface area contributed by atoms with Crippen LogP contribution in [-0.2, 0) is 17.8 Å². The maximum absolute atomic E-state index is 11.5. The molecule has 1 aromatic heterocycles. The van der Waals surface area contributed by atoms with E-state index < -0.39 is 0 Å². The number of nitrogens with zero attached hydrogens (tertiary/aromatic N) is 1. The fourth-order valence-corrected chi connectivity index (χ4v) is 2.62. The number of Topliss-reactive ketones (excluding diaryl/α,β-unsaturated/α-hetero) is 1. The lowest BCUT2D eigenvalue weighted by Crippen LogP contribution is -2.07. The first-order chi connectivity index (χ1) is 9.74. The van der Waals surface area contributed by atoms with Gasteiger partial charge in [0.1, 0.15) is 5.78 Å². The van der Waals surface area contributed by atoms with E-state index in [1.807, 2.05) is 30.3 Å². The third-order valence-corrected chi connectivity index (χ3v) is 3.51. The summed E-state index contributed by atoms with van der Waals surface area (Å²) in [7, 11) is 0. The number of fused-ring (bicyclic) bond motifs is 1. The van der Waals surface area contributed by atoms with Crippen LogP contribution in [0.5, 0.6) is 0 Å². The summed E-state index contributed by atoms with van der Waals surface area (Å²) in [5.74, 6) is 0.196. The van der Waals surface area contributed by atoms with Crippen molar-refractivity contribution < 1.29 is 4.79 Å². The Morgan fingerprint density at radius 1 is 1.00 bits per heavy atom. The van der Waals surface area contributed by atoms with Crippen molar-refractivity contribution in [2.45, 2.75) is 19.9 Å². The number of hydrogen-bond donors (Lipinski definition) is 0. The molecule has 0 unspecified atom stereocenters. The van der Waals surface area contributed by atoms with Gasteiger partial charge in [0, 0.05) is 24.2 Å². The summed E-state index contributed by atoms with van der Waals surface area (Å²) in [6.07, 6.45) is 0.488. The van der Waals surface area contributed by atoms with Crippen LogP contribution in [0, 0.1) is 0 Å². The second-order valence-corrected chi connectivity index (χ2v) is 5.15. The number of rotatable bonds is 4. The molecule has 0 saturated heterocycles. The molecule has 0 aliphatic rings. The molecular formula is C18H17NO. The minimum atomic E-state index is 0.196. The van der Waals surface area contributed by atoms with E-state index in [0.29, 0.717) is 6.42 Å². The van der Waals surface area contributed by atoms with Gasteiger partial charge in [-0.05, 0) is 30.0 Å². The minimum absolute atomic E-state index is 0.196. The van der Waals surface area contributed by atoms with Crippen LogP contribution in [0.25, 0.3) is 10.9 Å². The molecule has 0 N–H and O–H groups in total. The summed E-state index contributed by atoms with van der Waals surface area (Å²) >= 11 is 0. The molecule has 0 aliphatic carbocycles. The molecule has 2 heteroatoms. The molecule has 20 heavy (non-hydrogen) atoms. The van der Waals surface area contributed by atoms with Crippen LogP contribution >= 0.6 is 0 Å². The second-order valence-electron chi connectivity index (χ2n) is 5.15. The van der Waals surface area contributed by atoms with Crippen LogP contribution in [-0.4, -0.2) is 10.4 Å². The number of hydrogen-bond acceptors (Lipinski definition) is 1. The van der Waals surface area contributed by atoms with Gasteiger partial charge in [-0.25, -0.2) is 0 Å². The normalized spacial score (nSPS) is 10.8.